The van der Waals surface area contributed by atoms with Gasteiger partial charge in [0.05, 0.1) is 38.4 Å². The van der Waals surface area contributed by atoms with E-state index >= 15 is 0 Å². The molecule has 0 saturated carbocycles. The standard InChI is InChI=1S/C54H32Cl2N4S10/c1-21-15-31-22(2)51-32(23(3)50(31)61-21)16-43(66-51)39-13-11-37(63-39)27-7-8-28(47-46(27)57-69-58-47)38-12-14-40(64-38)44-17-33-24(4)53-34(25(5)52(33)67-44)18-45(68-53)54-36(56)20-42(65-54)30-10-9-29(48-49(30)60-70-59-48)41-19-35(55)26(6)62-41/h7-20H,1-6H3. The smallest absolute Gasteiger partial charge is 0.114 e. The van der Waals surface area contributed by atoms with Gasteiger partial charge < -0.3 is 0 Å². The Labute approximate surface area is 452 Å². The Morgan fingerprint density at radius 1 is 0.329 bits per heavy atom. The van der Waals surface area contributed by atoms with Gasteiger partial charge in [-0.05, 0) is 146 Å². The van der Waals surface area contributed by atoms with Gasteiger partial charge in [-0.1, -0.05) is 47.5 Å². The van der Waals surface area contributed by atoms with Gasteiger partial charge in [0.1, 0.15) is 22.1 Å². The molecule has 10 aromatic heterocycles. The van der Waals surface area contributed by atoms with Crippen LogP contribution in [0.1, 0.15) is 32.0 Å². The quantitative estimate of drug-likeness (QED) is 0.160. The van der Waals surface area contributed by atoms with Crippen LogP contribution >= 0.6 is 137 Å². The number of nitrogens with zero attached hydrogens (tertiary/aromatic N) is 4. The van der Waals surface area contributed by atoms with E-state index in [2.05, 4.69) is 113 Å². The van der Waals surface area contributed by atoms with Gasteiger partial charge in [0.2, 0.25) is 0 Å². The van der Waals surface area contributed by atoms with Gasteiger partial charge >= 0.3 is 0 Å². The highest BCUT2D eigenvalue weighted by atomic mass is 35.5. The third-order valence-electron chi connectivity index (χ3n) is 13.4. The number of aryl methyl sites for hydroxylation is 6. The normalized spacial score (nSPS) is 12.3. The minimum absolute atomic E-state index is 0.754. The van der Waals surface area contributed by atoms with Crippen molar-refractivity contribution in [1.82, 2.24) is 17.5 Å². The first-order chi connectivity index (χ1) is 33.9. The monoisotopic (exact) mass is 1130 g/mol. The molecule has 0 spiro atoms. The fraction of sp³-hybridized carbons (Fsp3) is 0.111. The van der Waals surface area contributed by atoms with Crippen LogP contribution < -0.4 is 0 Å². The van der Waals surface area contributed by atoms with Crippen LogP contribution in [0.2, 0.25) is 10.0 Å². The lowest BCUT2D eigenvalue weighted by Gasteiger charge is -2.03. The maximum absolute atomic E-state index is 7.11. The molecule has 0 bridgehead atoms. The molecule has 0 N–H and O–H groups in total. The minimum Gasteiger partial charge on any atom is -0.172 e. The lowest BCUT2D eigenvalue weighted by Crippen LogP contribution is -1.81. The van der Waals surface area contributed by atoms with Gasteiger partial charge in [-0.3, -0.25) is 0 Å². The molecule has 14 rings (SSSR count). The summed E-state index contributed by atoms with van der Waals surface area (Å²) in [5.74, 6) is 0. The highest BCUT2D eigenvalue weighted by molar-refractivity contribution is 7.29. The summed E-state index contributed by atoms with van der Waals surface area (Å²) >= 11 is 30.7. The van der Waals surface area contributed by atoms with Crippen molar-refractivity contribution in [2.75, 3.05) is 0 Å². The first kappa shape index (κ1) is 44.4. The highest BCUT2D eigenvalue weighted by Gasteiger charge is 2.24. The van der Waals surface area contributed by atoms with E-state index in [1.54, 1.807) is 22.7 Å². The van der Waals surface area contributed by atoms with Crippen LogP contribution in [-0.4, -0.2) is 17.5 Å². The van der Waals surface area contributed by atoms with Crippen LogP contribution in [0, 0.1) is 41.5 Å². The number of benzene rings is 4. The Kier molecular flexibility index (Phi) is 10.6. The van der Waals surface area contributed by atoms with Crippen molar-refractivity contribution in [3.05, 3.63) is 127 Å². The molecule has 0 fully saturated rings. The molecule has 4 aromatic carbocycles. The van der Waals surface area contributed by atoms with Crippen LogP contribution in [0.15, 0.2) is 84.9 Å². The zero-order valence-corrected chi connectivity index (χ0v) is 47.4. The van der Waals surface area contributed by atoms with Gasteiger partial charge in [-0.2, -0.15) is 17.5 Å². The van der Waals surface area contributed by atoms with E-state index in [1.165, 1.54) is 125 Å². The van der Waals surface area contributed by atoms with Crippen molar-refractivity contribution in [3.8, 4) is 71.0 Å². The first-order valence-corrected chi connectivity index (χ1v) is 30.9. The number of rotatable bonds is 7. The van der Waals surface area contributed by atoms with Crippen molar-refractivity contribution in [3.63, 3.8) is 0 Å². The molecule has 10 heterocycles. The van der Waals surface area contributed by atoms with Crippen LogP contribution in [-0.2, 0) is 0 Å². The summed E-state index contributed by atoms with van der Waals surface area (Å²) in [6.07, 6.45) is 0. The molecule has 342 valence electrons. The number of thiophene rings is 8. The predicted octanol–water partition coefficient (Wildman–Crippen LogP) is 21.6. The van der Waals surface area contributed by atoms with Crippen molar-refractivity contribution in [2.45, 2.75) is 41.5 Å². The van der Waals surface area contributed by atoms with E-state index in [4.69, 9.17) is 40.7 Å². The fourth-order valence-corrected chi connectivity index (χ4v) is 20.8. The second kappa shape index (κ2) is 16.6. The molecular formula is C54H32Cl2N4S10. The molecule has 0 radical (unpaired) electrons. The maximum atomic E-state index is 7.11. The summed E-state index contributed by atoms with van der Waals surface area (Å²) < 4.78 is 24.7. The van der Waals surface area contributed by atoms with Crippen molar-refractivity contribution < 1.29 is 0 Å². The molecule has 0 aliphatic rings. The molecule has 0 amide bonds. The maximum Gasteiger partial charge on any atom is 0.114 e. The number of aromatic nitrogens is 4. The summed E-state index contributed by atoms with van der Waals surface area (Å²) in [6.45, 7) is 13.4. The van der Waals surface area contributed by atoms with E-state index in [0.717, 1.165) is 73.9 Å². The fourth-order valence-electron chi connectivity index (χ4n) is 9.78. The molecule has 0 saturated heterocycles. The predicted molar refractivity (Wildman–Crippen MR) is 318 cm³/mol. The Hall–Kier alpha value is -4.26. The summed E-state index contributed by atoms with van der Waals surface area (Å²) in [7, 11) is 0. The Bertz CT molecular complexity index is 4360. The molecule has 14 aromatic rings. The number of hydrogen-bond acceptors (Lipinski definition) is 14. The van der Waals surface area contributed by atoms with Crippen LogP contribution in [0.4, 0.5) is 0 Å². The molecule has 0 atom stereocenters. The van der Waals surface area contributed by atoms with Crippen molar-refractivity contribution >= 4 is 200 Å². The van der Waals surface area contributed by atoms with E-state index in [9.17, 15) is 0 Å². The largest absolute Gasteiger partial charge is 0.172 e. The molecule has 0 unspecified atom stereocenters. The lowest BCUT2D eigenvalue weighted by molar-refractivity contribution is 1.57. The summed E-state index contributed by atoms with van der Waals surface area (Å²) in [6, 6.07) is 31.5. The lowest BCUT2D eigenvalue weighted by atomic mass is 10.0. The highest BCUT2D eigenvalue weighted by Crippen LogP contribution is 2.52. The second-order valence-corrected chi connectivity index (χ2v) is 28.3. The average molecular weight is 1130 g/mol. The minimum atomic E-state index is 0.754. The molecule has 4 nitrogen and oxygen atoms in total. The van der Waals surface area contributed by atoms with Gasteiger partial charge in [-0.25, -0.2) is 0 Å². The molecule has 16 heteroatoms. The van der Waals surface area contributed by atoms with E-state index in [1.807, 2.05) is 81.0 Å². The topological polar surface area (TPSA) is 51.6 Å². The Morgan fingerprint density at radius 3 is 1.19 bits per heavy atom. The zero-order valence-electron chi connectivity index (χ0n) is 37.7. The Morgan fingerprint density at radius 2 is 0.714 bits per heavy atom. The Balaban J connectivity index is 0.759. The van der Waals surface area contributed by atoms with Gasteiger partial charge in [-0.15, -0.1) is 90.7 Å². The molecule has 70 heavy (non-hydrogen) atoms. The number of halogens is 2. The summed E-state index contributed by atoms with van der Waals surface area (Å²) in [5.41, 5.74) is 13.5. The van der Waals surface area contributed by atoms with Crippen molar-refractivity contribution in [2.24, 2.45) is 0 Å². The van der Waals surface area contributed by atoms with Crippen LogP contribution in [0.25, 0.3) is 133 Å². The van der Waals surface area contributed by atoms with E-state index < -0.39 is 0 Å². The third-order valence-corrected chi connectivity index (χ3v) is 25.4. The van der Waals surface area contributed by atoms with Gasteiger partial charge in [0.15, 0.2) is 0 Å². The second-order valence-electron chi connectivity index (χ2n) is 17.5. The summed E-state index contributed by atoms with van der Waals surface area (Å²) in [4.78, 5) is 14.5. The third kappa shape index (κ3) is 6.82. The van der Waals surface area contributed by atoms with Crippen molar-refractivity contribution in [1.29, 1.82) is 0 Å². The SMILES string of the molecule is Cc1cc2c(C)c3sc(-c4ccc(-c5ccc(-c6ccc(-c7cc8c(C)c9sc(-c%10sc(-c%11ccc(-c%12cc(Cl)c(C)s%12)c%12nsnc%11%12)cc%10Cl)cc9c(C)c8s7)s6)c6nsnc56)s4)cc3c(C)c2s1. The first-order valence-electron chi connectivity index (χ1n) is 22.1. The van der Waals surface area contributed by atoms with Gasteiger partial charge in [0.25, 0.3) is 0 Å². The van der Waals surface area contributed by atoms with Crippen LogP contribution in [0.3, 0.4) is 0 Å². The molecular weight excluding hydrogens is 1100 g/mol. The van der Waals surface area contributed by atoms with Crippen LogP contribution in [0.5, 0.6) is 0 Å². The number of hydrogen-bond donors (Lipinski definition) is 0. The summed E-state index contributed by atoms with van der Waals surface area (Å²) in [5, 5.41) is 6.91. The molecule has 0 aliphatic heterocycles. The van der Waals surface area contributed by atoms with Gasteiger partial charge in [0, 0.05) is 94.7 Å². The average Bonchev–Trinajstić information content (AvgIpc) is 4.18. The van der Waals surface area contributed by atoms with E-state index in [-0.39, 0.29) is 0 Å². The number of fused-ring (bicyclic) bond motifs is 6. The van der Waals surface area contributed by atoms with E-state index in [0.29, 0.717) is 0 Å². The molecule has 0 aliphatic carbocycles. The zero-order chi connectivity index (χ0) is 47.4.